The monoisotopic (exact) mass is 388 g/mol. The topological polar surface area (TPSA) is 74.7 Å². The molecule has 0 bridgehead atoms. The summed E-state index contributed by atoms with van der Waals surface area (Å²) in [5.74, 6) is 0.358. The molecule has 7 nitrogen and oxygen atoms in total. The van der Waals surface area contributed by atoms with Gasteiger partial charge in [0.25, 0.3) is 0 Å². The number of amides is 2. The van der Waals surface area contributed by atoms with Gasteiger partial charge in [0.05, 0.1) is 4.90 Å². The van der Waals surface area contributed by atoms with Gasteiger partial charge in [0.2, 0.25) is 10.0 Å². The lowest BCUT2D eigenvalue weighted by atomic mass is 9.98. The van der Waals surface area contributed by atoms with Gasteiger partial charge in [0.1, 0.15) is 0 Å². The van der Waals surface area contributed by atoms with Gasteiger partial charge in [-0.1, -0.05) is 0 Å². The summed E-state index contributed by atoms with van der Waals surface area (Å²) < 4.78 is 29.4. The number of hydrogen-bond acceptors (Lipinski definition) is 3. The van der Waals surface area contributed by atoms with Crippen LogP contribution in [0.5, 0.6) is 0 Å². The summed E-state index contributed by atoms with van der Waals surface area (Å²) in [6.07, 6.45) is 5.42. The van der Waals surface area contributed by atoms with E-state index in [2.05, 4.69) is 5.32 Å². The molecule has 2 fully saturated rings. The van der Waals surface area contributed by atoms with Crippen LogP contribution in [0.15, 0.2) is 53.7 Å². The SMILES string of the molecule is O=C1NCCN1CC1CCN(S(=O)(=O)c2ccc(-n3cccc3)cc2)CC1. The van der Waals surface area contributed by atoms with Crippen LogP contribution in [0.25, 0.3) is 5.69 Å². The summed E-state index contributed by atoms with van der Waals surface area (Å²) in [5, 5.41) is 2.81. The van der Waals surface area contributed by atoms with Crippen LogP contribution in [-0.4, -0.2) is 60.9 Å². The number of hydrogen-bond donors (Lipinski definition) is 1. The Morgan fingerprint density at radius 1 is 1.00 bits per heavy atom. The third-order valence-corrected chi connectivity index (χ3v) is 7.29. The Morgan fingerprint density at radius 2 is 1.67 bits per heavy atom. The maximum atomic E-state index is 12.9. The number of benzene rings is 1. The summed E-state index contributed by atoms with van der Waals surface area (Å²) in [6, 6.07) is 10.8. The molecule has 8 heteroatoms. The lowest BCUT2D eigenvalue weighted by Gasteiger charge is -2.32. The summed E-state index contributed by atoms with van der Waals surface area (Å²) in [6.45, 7) is 3.16. The average Bonchev–Trinajstić information content (AvgIpc) is 3.35. The second-order valence-electron chi connectivity index (χ2n) is 7.11. The first kappa shape index (κ1) is 18.1. The predicted molar refractivity (Wildman–Crippen MR) is 102 cm³/mol. The van der Waals surface area contributed by atoms with Crippen LogP contribution in [0.3, 0.4) is 0 Å². The van der Waals surface area contributed by atoms with Crippen LogP contribution < -0.4 is 5.32 Å². The number of sulfonamides is 1. The zero-order valence-electron chi connectivity index (χ0n) is 15.1. The van der Waals surface area contributed by atoms with E-state index in [-0.39, 0.29) is 6.03 Å². The number of aromatic nitrogens is 1. The van der Waals surface area contributed by atoms with E-state index in [0.29, 0.717) is 37.0 Å². The number of piperidine rings is 1. The zero-order valence-corrected chi connectivity index (χ0v) is 15.9. The van der Waals surface area contributed by atoms with E-state index < -0.39 is 10.0 Å². The van der Waals surface area contributed by atoms with Crippen LogP contribution >= 0.6 is 0 Å². The molecule has 1 aromatic heterocycles. The lowest BCUT2D eigenvalue weighted by molar-refractivity contribution is 0.190. The first-order valence-electron chi connectivity index (χ1n) is 9.30. The van der Waals surface area contributed by atoms with Gasteiger partial charge in [-0.25, -0.2) is 13.2 Å². The van der Waals surface area contributed by atoms with Gasteiger partial charge < -0.3 is 14.8 Å². The van der Waals surface area contributed by atoms with Crippen molar-refractivity contribution in [3.63, 3.8) is 0 Å². The molecule has 27 heavy (non-hydrogen) atoms. The standard InChI is InChI=1S/C19H24N4O3S/c24-19-20-9-14-22(19)15-16-7-12-23(13-8-16)27(25,26)18-5-3-17(4-6-18)21-10-1-2-11-21/h1-6,10-11,16H,7-9,12-15H2,(H,20,24). The van der Waals surface area contributed by atoms with Crippen LogP contribution in [0, 0.1) is 5.92 Å². The Kier molecular flexibility index (Phi) is 4.92. The first-order valence-corrected chi connectivity index (χ1v) is 10.7. The fourth-order valence-electron chi connectivity index (χ4n) is 3.78. The second kappa shape index (κ2) is 7.36. The minimum absolute atomic E-state index is 0.00664. The maximum absolute atomic E-state index is 12.9. The van der Waals surface area contributed by atoms with Crippen LogP contribution in [0.2, 0.25) is 0 Å². The van der Waals surface area contributed by atoms with Gasteiger partial charge in [-0.15, -0.1) is 0 Å². The predicted octanol–water partition coefficient (Wildman–Crippen LogP) is 1.90. The maximum Gasteiger partial charge on any atom is 0.317 e. The summed E-state index contributed by atoms with van der Waals surface area (Å²) in [5.41, 5.74) is 0.932. The van der Waals surface area contributed by atoms with Crippen molar-refractivity contribution in [2.45, 2.75) is 17.7 Å². The number of nitrogens with zero attached hydrogens (tertiary/aromatic N) is 3. The van der Waals surface area contributed by atoms with Crippen molar-refractivity contribution in [3.8, 4) is 5.69 Å². The van der Waals surface area contributed by atoms with E-state index in [4.69, 9.17) is 0 Å². The fraction of sp³-hybridized carbons (Fsp3) is 0.421. The van der Waals surface area contributed by atoms with Gasteiger partial charge in [0, 0.05) is 50.8 Å². The van der Waals surface area contributed by atoms with Gasteiger partial charge >= 0.3 is 6.03 Å². The highest BCUT2D eigenvalue weighted by atomic mass is 32.2. The highest BCUT2D eigenvalue weighted by Crippen LogP contribution is 2.25. The van der Waals surface area contributed by atoms with E-state index in [9.17, 15) is 13.2 Å². The van der Waals surface area contributed by atoms with E-state index in [1.807, 2.05) is 46.1 Å². The van der Waals surface area contributed by atoms with Gasteiger partial charge in [0.15, 0.2) is 0 Å². The molecular weight excluding hydrogens is 364 g/mol. The molecule has 1 aromatic carbocycles. The summed E-state index contributed by atoms with van der Waals surface area (Å²) in [4.78, 5) is 13.8. The Balaban J connectivity index is 1.39. The highest BCUT2D eigenvalue weighted by molar-refractivity contribution is 7.89. The molecule has 144 valence electrons. The van der Waals surface area contributed by atoms with Crippen LogP contribution in [-0.2, 0) is 10.0 Å². The van der Waals surface area contributed by atoms with E-state index >= 15 is 0 Å². The zero-order chi connectivity index (χ0) is 18.9. The lowest BCUT2D eigenvalue weighted by Crippen LogP contribution is -2.42. The van der Waals surface area contributed by atoms with E-state index in [1.165, 1.54) is 0 Å². The minimum Gasteiger partial charge on any atom is -0.336 e. The van der Waals surface area contributed by atoms with Crippen molar-refractivity contribution in [1.82, 2.24) is 19.1 Å². The molecular formula is C19H24N4O3S. The third kappa shape index (κ3) is 3.72. The number of urea groups is 1. The molecule has 0 atom stereocenters. The largest absolute Gasteiger partial charge is 0.336 e. The molecule has 2 aromatic rings. The normalized spacial score (nSPS) is 19.4. The van der Waals surface area contributed by atoms with Crippen molar-refractivity contribution < 1.29 is 13.2 Å². The van der Waals surface area contributed by atoms with Crippen molar-refractivity contribution in [1.29, 1.82) is 0 Å². The van der Waals surface area contributed by atoms with E-state index in [0.717, 1.165) is 25.1 Å². The molecule has 0 saturated carbocycles. The third-order valence-electron chi connectivity index (χ3n) is 5.37. The van der Waals surface area contributed by atoms with E-state index in [1.54, 1.807) is 16.4 Å². The molecule has 2 saturated heterocycles. The average molecular weight is 388 g/mol. The minimum atomic E-state index is -3.48. The molecule has 3 heterocycles. The first-order chi connectivity index (χ1) is 13.0. The molecule has 0 aliphatic carbocycles. The van der Waals surface area contributed by atoms with Gasteiger partial charge in [-0.05, 0) is 55.2 Å². The van der Waals surface area contributed by atoms with Gasteiger partial charge in [-0.2, -0.15) is 4.31 Å². The summed E-state index contributed by atoms with van der Waals surface area (Å²) >= 11 is 0. The van der Waals surface area contributed by atoms with Crippen LogP contribution in [0.1, 0.15) is 12.8 Å². The smallest absolute Gasteiger partial charge is 0.317 e. The number of nitrogens with one attached hydrogen (secondary N) is 1. The number of rotatable bonds is 5. The Bertz CT molecular complexity index is 886. The molecule has 2 aliphatic heterocycles. The molecule has 0 spiro atoms. The van der Waals surface area contributed by atoms with Crippen molar-refractivity contribution in [2.75, 3.05) is 32.7 Å². The van der Waals surface area contributed by atoms with Crippen LogP contribution in [0.4, 0.5) is 4.79 Å². The number of carbonyl (C=O) groups excluding carboxylic acids is 1. The summed E-state index contributed by atoms with van der Waals surface area (Å²) in [7, 11) is -3.48. The molecule has 1 N–H and O–H groups in total. The molecule has 0 unspecified atom stereocenters. The Labute approximate surface area is 159 Å². The Hall–Kier alpha value is -2.32. The van der Waals surface area contributed by atoms with Crippen molar-refractivity contribution in [2.24, 2.45) is 5.92 Å². The fourth-order valence-corrected chi connectivity index (χ4v) is 5.24. The number of carbonyl (C=O) groups is 1. The molecule has 2 amide bonds. The molecule has 2 aliphatic rings. The second-order valence-corrected chi connectivity index (χ2v) is 9.05. The van der Waals surface area contributed by atoms with Gasteiger partial charge in [-0.3, -0.25) is 0 Å². The highest BCUT2D eigenvalue weighted by Gasteiger charge is 2.31. The molecule has 4 rings (SSSR count). The Morgan fingerprint density at radius 3 is 2.26 bits per heavy atom. The molecule has 0 radical (unpaired) electrons. The van der Waals surface area contributed by atoms with Crippen molar-refractivity contribution in [3.05, 3.63) is 48.8 Å². The quantitative estimate of drug-likeness (QED) is 0.850. The van der Waals surface area contributed by atoms with Crippen molar-refractivity contribution >= 4 is 16.1 Å².